The highest BCUT2D eigenvalue weighted by molar-refractivity contribution is 14.1. The Balaban J connectivity index is 1.53. The van der Waals surface area contributed by atoms with Gasteiger partial charge in [-0.1, -0.05) is 107 Å². The number of imidazole rings is 1. The summed E-state index contributed by atoms with van der Waals surface area (Å²) in [6.07, 6.45) is -1.45. The third kappa shape index (κ3) is 4.86. The van der Waals surface area contributed by atoms with Gasteiger partial charge in [-0.3, -0.25) is 14.3 Å². The maximum absolute atomic E-state index is 15.8. The van der Waals surface area contributed by atoms with Crippen LogP contribution in [0.3, 0.4) is 0 Å². The number of rotatable bonds is 9. The second-order valence-electron chi connectivity index (χ2n) is 10.5. The fourth-order valence-electron chi connectivity index (χ4n) is 5.74. The van der Waals surface area contributed by atoms with E-state index < -0.39 is 35.1 Å². The van der Waals surface area contributed by atoms with Crippen LogP contribution in [0, 0.1) is 5.92 Å². The number of nitrogens with one attached hydrogen (secondary N) is 2. The molecular weight excluding hydrogens is 678 g/mol. The Kier molecular flexibility index (Phi) is 8.01. The summed E-state index contributed by atoms with van der Waals surface area (Å²) in [5.74, 6) is 0.0659. The van der Waals surface area contributed by atoms with Crippen LogP contribution in [0.25, 0.3) is 21.6 Å². The van der Waals surface area contributed by atoms with Gasteiger partial charge >= 0.3 is 0 Å². The minimum Gasteiger partial charge on any atom is -0.497 e. The molecule has 6 rings (SSSR count). The minimum absolute atomic E-state index is 0.0178. The monoisotopic (exact) mass is 706 g/mol. The Morgan fingerprint density at radius 1 is 1.11 bits per heavy atom. The maximum Gasteiger partial charge on any atom is 0.280 e. The van der Waals surface area contributed by atoms with Crippen LogP contribution in [0.2, 0.25) is 0 Å². The molecule has 3 heterocycles. The van der Waals surface area contributed by atoms with Crippen LogP contribution in [0.4, 0.5) is 10.3 Å². The van der Waals surface area contributed by atoms with E-state index in [0.717, 1.165) is 16.7 Å². The number of alkyl halides is 2. The van der Waals surface area contributed by atoms with Crippen LogP contribution >= 0.6 is 22.6 Å². The normalized spacial score (nSPS) is 21.6. The number of hydrogen-bond acceptors (Lipinski definition) is 7. The van der Waals surface area contributed by atoms with Crippen molar-refractivity contribution in [3.8, 4) is 5.75 Å². The van der Waals surface area contributed by atoms with Gasteiger partial charge in [0.05, 0.1) is 13.4 Å². The Bertz CT molecular complexity index is 1840. The van der Waals surface area contributed by atoms with Crippen molar-refractivity contribution >= 4 is 39.7 Å². The third-order valence-corrected chi connectivity index (χ3v) is 9.23. The number of aromatic amines is 1. The van der Waals surface area contributed by atoms with E-state index in [9.17, 15) is 4.79 Å². The van der Waals surface area contributed by atoms with Crippen molar-refractivity contribution in [2.75, 3.05) is 16.9 Å². The van der Waals surface area contributed by atoms with E-state index in [2.05, 4.69) is 25.3 Å². The zero-order valence-corrected chi connectivity index (χ0v) is 25.9. The Hall–Kier alpha value is -4.46. The van der Waals surface area contributed by atoms with E-state index in [4.69, 9.17) is 20.0 Å². The maximum atomic E-state index is 15.8. The lowest BCUT2D eigenvalue weighted by Crippen LogP contribution is -2.39. The average molecular weight is 707 g/mol. The molecule has 0 amide bonds. The number of fused-ring (bicyclic) bond motifs is 1. The summed E-state index contributed by atoms with van der Waals surface area (Å²) >= 11 is 2.01. The van der Waals surface area contributed by atoms with Gasteiger partial charge in [-0.2, -0.15) is 4.98 Å². The van der Waals surface area contributed by atoms with Gasteiger partial charge in [-0.05, 0) is 34.4 Å². The molecule has 2 aromatic heterocycles. The van der Waals surface area contributed by atoms with E-state index in [-0.39, 0.29) is 21.5 Å². The standard InChI is InChI=1S/C31H28FIN8O3/c1-19-24(32)28(44-30(19,17-33)39-40-34)41-18-35-25-26(41)36-29(37-27(25)42)38-31(20-9-5-3-6-10-20,21-11-7-4-8-12-21)22-13-15-23(43-2)16-14-22/h3-16,18-19,24,28H,17H2,1-2H3,(H2,36,37,38,42)/t19-,24+,28+,30+/m0/s1. The van der Waals surface area contributed by atoms with Crippen molar-refractivity contribution in [3.63, 3.8) is 0 Å². The van der Waals surface area contributed by atoms with Gasteiger partial charge in [-0.25, -0.2) is 9.37 Å². The summed E-state index contributed by atoms with van der Waals surface area (Å²) in [5.41, 5.74) is 8.97. The first-order valence-electron chi connectivity index (χ1n) is 13.8. The first-order chi connectivity index (χ1) is 21.4. The number of H-pyrrole nitrogens is 1. The van der Waals surface area contributed by atoms with E-state index in [1.165, 1.54) is 10.9 Å². The van der Waals surface area contributed by atoms with E-state index in [0.29, 0.717) is 5.75 Å². The predicted octanol–water partition coefficient (Wildman–Crippen LogP) is 6.48. The van der Waals surface area contributed by atoms with Crippen LogP contribution in [0.15, 0.2) is 101 Å². The molecule has 5 aromatic rings. The highest BCUT2D eigenvalue weighted by Gasteiger charge is 2.54. The molecule has 0 unspecified atom stereocenters. The van der Waals surface area contributed by atoms with Crippen LogP contribution < -0.4 is 15.6 Å². The third-order valence-electron chi connectivity index (χ3n) is 8.14. The number of methoxy groups -OCH3 is 1. The van der Waals surface area contributed by atoms with Gasteiger partial charge in [0.2, 0.25) is 5.95 Å². The highest BCUT2D eigenvalue weighted by Crippen LogP contribution is 2.46. The molecule has 2 N–H and O–H groups in total. The number of ether oxygens (including phenoxy) is 2. The molecule has 0 aliphatic carbocycles. The molecule has 224 valence electrons. The first kappa shape index (κ1) is 29.6. The summed E-state index contributed by atoms with van der Waals surface area (Å²) in [5, 5.41) is 7.35. The van der Waals surface area contributed by atoms with Crippen LogP contribution in [-0.4, -0.2) is 43.0 Å². The van der Waals surface area contributed by atoms with Gasteiger partial charge in [-0.15, -0.1) is 0 Å². The van der Waals surface area contributed by atoms with Crippen LogP contribution in [-0.2, 0) is 10.3 Å². The summed E-state index contributed by atoms with van der Waals surface area (Å²) < 4.78 is 28.9. The number of azide groups is 1. The number of hydrogen-bond donors (Lipinski definition) is 2. The number of aromatic nitrogens is 4. The first-order valence-corrected chi connectivity index (χ1v) is 15.3. The molecular formula is C31H28FIN8O3. The van der Waals surface area contributed by atoms with Crippen molar-refractivity contribution < 1.29 is 13.9 Å². The zero-order valence-electron chi connectivity index (χ0n) is 23.8. The quantitative estimate of drug-likeness (QED) is 0.0449. The molecule has 3 aromatic carbocycles. The van der Waals surface area contributed by atoms with Crippen LogP contribution in [0.5, 0.6) is 5.75 Å². The molecule has 13 heteroatoms. The van der Waals surface area contributed by atoms with Crippen molar-refractivity contribution in [2.24, 2.45) is 11.0 Å². The minimum atomic E-state index is -1.56. The number of benzene rings is 3. The van der Waals surface area contributed by atoms with Crippen molar-refractivity contribution in [2.45, 2.75) is 30.6 Å². The summed E-state index contributed by atoms with van der Waals surface area (Å²) in [6, 6.07) is 27.2. The molecule has 11 nitrogen and oxygen atoms in total. The SMILES string of the molecule is COc1ccc(C(Nc2nc3c(ncn3[C@@H]3O[C@@](CI)(N=[N+]=[N-])[C@@H](C)[C@H]3F)c(=O)[nH]2)(c2ccccc2)c2ccccc2)cc1. The molecule has 1 aliphatic heterocycles. The average Bonchev–Trinajstić information content (AvgIpc) is 3.60. The van der Waals surface area contributed by atoms with Crippen molar-refractivity contribution in [1.29, 1.82) is 0 Å². The zero-order chi connectivity index (χ0) is 30.9. The summed E-state index contributed by atoms with van der Waals surface area (Å²) in [4.78, 5) is 28.1. The number of anilines is 1. The number of halogens is 2. The lowest BCUT2D eigenvalue weighted by atomic mass is 9.77. The number of nitrogens with zero attached hydrogens (tertiary/aromatic N) is 6. The lowest BCUT2D eigenvalue weighted by Gasteiger charge is -2.37. The second kappa shape index (κ2) is 11.9. The van der Waals surface area contributed by atoms with Crippen molar-refractivity contribution in [3.05, 3.63) is 129 Å². The molecule has 4 atom stereocenters. The van der Waals surface area contributed by atoms with Gasteiger partial charge in [0.25, 0.3) is 5.56 Å². The highest BCUT2D eigenvalue weighted by atomic mass is 127. The van der Waals surface area contributed by atoms with Gasteiger partial charge in [0, 0.05) is 15.3 Å². The van der Waals surface area contributed by atoms with Gasteiger partial charge in [0.15, 0.2) is 29.3 Å². The molecule has 0 bridgehead atoms. The van der Waals surface area contributed by atoms with Crippen LogP contribution in [0.1, 0.15) is 29.8 Å². The summed E-state index contributed by atoms with van der Waals surface area (Å²) in [7, 11) is 1.61. The lowest BCUT2D eigenvalue weighted by molar-refractivity contribution is -0.0673. The van der Waals surface area contributed by atoms with E-state index >= 15 is 4.39 Å². The topological polar surface area (TPSA) is 143 Å². The molecule has 1 fully saturated rings. The smallest absolute Gasteiger partial charge is 0.280 e. The summed E-state index contributed by atoms with van der Waals surface area (Å²) in [6.45, 7) is 1.63. The largest absolute Gasteiger partial charge is 0.497 e. The molecule has 1 saturated heterocycles. The Morgan fingerprint density at radius 2 is 1.73 bits per heavy atom. The van der Waals surface area contributed by atoms with Gasteiger partial charge < -0.3 is 14.8 Å². The Labute approximate surface area is 265 Å². The van der Waals surface area contributed by atoms with E-state index in [1.807, 2.05) is 108 Å². The Morgan fingerprint density at radius 3 is 2.30 bits per heavy atom. The molecule has 44 heavy (non-hydrogen) atoms. The molecule has 0 saturated carbocycles. The second-order valence-corrected chi connectivity index (χ2v) is 11.2. The molecule has 0 spiro atoms. The fraction of sp³-hybridized carbons (Fsp3) is 0.258. The molecule has 0 radical (unpaired) electrons. The van der Waals surface area contributed by atoms with Crippen molar-refractivity contribution in [1.82, 2.24) is 19.5 Å². The van der Waals surface area contributed by atoms with E-state index in [1.54, 1.807) is 14.0 Å². The molecule has 1 aliphatic rings. The fourth-order valence-corrected chi connectivity index (χ4v) is 6.77. The predicted molar refractivity (Wildman–Crippen MR) is 172 cm³/mol. The van der Waals surface area contributed by atoms with Gasteiger partial charge in [0.1, 0.15) is 11.3 Å².